The van der Waals surface area contributed by atoms with Gasteiger partial charge in [0.1, 0.15) is 0 Å². The van der Waals surface area contributed by atoms with Gasteiger partial charge in [-0.3, -0.25) is 9.59 Å². The van der Waals surface area contributed by atoms with Crippen LogP contribution >= 0.6 is 0 Å². The molecule has 0 heterocycles. The minimum absolute atomic E-state index is 0.0916. The van der Waals surface area contributed by atoms with Crippen LogP contribution in [0.25, 0.3) is 33.4 Å². The highest BCUT2D eigenvalue weighted by molar-refractivity contribution is 6.11. The van der Waals surface area contributed by atoms with Crippen molar-refractivity contribution in [1.82, 2.24) is 0 Å². The molecule has 0 atom stereocenters. The Kier molecular flexibility index (Phi) is 14.2. The molecule has 79 heavy (non-hydrogen) atoms. The van der Waals surface area contributed by atoms with E-state index in [1.165, 1.54) is 0 Å². The van der Waals surface area contributed by atoms with Crippen LogP contribution in [0, 0.1) is 0 Å². The van der Waals surface area contributed by atoms with E-state index >= 15 is 0 Å². The van der Waals surface area contributed by atoms with Crippen LogP contribution in [0.1, 0.15) is 31.8 Å². The molecule has 0 saturated carbocycles. The molecule has 0 spiro atoms. The van der Waals surface area contributed by atoms with Crippen LogP contribution in [-0.2, 0) is 0 Å². The van der Waals surface area contributed by atoms with Gasteiger partial charge in [-0.25, -0.2) is 0 Å². The lowest BCUT2D eigenvalue weighted by Crippen LogP contribution is -2.13. The summed E-state index contributed by atoms with van der Waals surface area (Å²) in [5.41, 5.74) is 17.3. The summed E-state index contributed by atoms with van der Waals surface area (Å²) in [6.07, 6.45) is 0. The Labute approximate surface area is 461 Å². The molecular formula is C74H53N3O2. The minimum atomic E-state index is -0.0916. The first kappa shape index (κ1) is 49.3. The van der Waals surface area contributed by atoms with Gasteiger partial charge in [-0.05, 0) is 131 Å². The summed E-state index contributed by atoms with van der Waals surface area (Å²) >= 11 is 0. The molecule has 12 rings (SSSR count). The van der Waals surface area contributed by atoms with E-state index in [9.17, 15) is 9.59 Å². The van der Waals surface area contributed by atoms with E-state index in [1.807, 2.05) is 152 Å². The van der Waals surface area contributed by atoms with Gasteiger partial charge in [-0.2, -0.15) is 0 Å². The predicted octanol–water partition coefficient (Wildman–Crippen LogP) is 19.6. The number of rotatable bonds is 16. The average Bonchev–Trinajstić information content (AvgIpc) is 3.59. The summed E-state index contributed by atoms with van der Waals surface area (Å²) in [5, 5.41) is 0. The highest BCUT2D eigenvalue weighted by Gasteiger charge is 2.22. The standard InChI is InChI=1S/C74H53N3O2/c78-73(59-40-36-54(37-41-59)56-44-48-67(49-45-56)75(63-24-8-2-9-25-63)64-26-10-3-11-27-64)61-22-18-32-69(52-61)77(72-35-17-16-34-71(72)58-20-6-1-7-21-58)70-33-19-23-62(53-70)74(79)60-42-38-55(39-43-60)57-46-50-68(51-47-57)76(65-28-12-4-13-29-65)66-30-14-5-15-31-66/h1-53H. The van der Waals surface area contributed by atoms with Crippen LogP contribution in [-0.4, -0.2) is 11.6 Å². The average molecular weight is 1020 g/mol. The van der Waals surface area contributed by atoms with Crippen molar-refractivity contribution in [2.75, 3.05) is 14.7 Å². The van der Waals surface area contributed by atoms with E-state index < -0.39 is 0 Å². The van der Waals surface area contributed by atoms with E-state index in [4.69, 9.17) is 0 Å². The van der Waals surface area contributed by atoms with E-state index in [0.717, 1.165) is 84.6 Å². The quantitative estimate of drug-likeness (QED) is 0.0903. The van der Waals surface area contributed by atoms with Crippen molar-refractivity contribution >= 4 is 62.8 Å². The van der Waals surface area contributed by atoms with Crippen molar-refractivity contribution in [3.05, 3.63) is 344 Å². The molecule has 5 heteroatoms. The SMILES string of the molecule is O=C(c1ccc(-c2ccc(N(c3ccccc3)c3ccccc3)cc2)cc1)c1cccc(N(c2cccc(C(=O)c3ccc(-c4ccc(N(c5ccccc5)c5ccccc5)cc4)cc3)c2)c2ccccc2-c2ccccc2)c1. The van der Waals surface area contributed by atoms with Crippen molar-refractivity contribution in [2.24, 2.45) is 0 Å². The lowest BCUT2D eigenvalue weighted by molar-refractivity contribution is 0.103. The molecule has 0 aliphatic carbocycles. The Morgan fingerprint density at radius 1 is 0.203 bits per heavy atom. The number of hydrogen-bond acceptors (Lipinski definition) is 5. The molecule has 5 nitrogen and oxygen atoms in total. The zero-order valence-corrected chi connectivity index (χ0v) is 43.3. The molecule has 12 aromatic rings. The van der Waals surface area contributed by atoms with Gasteiger partial charge < -0.3 is 14.7 Å². The Morgan fingerprint density at radius 2 is 0.494 bits per heavy atom. The third-order valence-electron chi connectivity index (χ3n) is 14.2. The summed E-state index contributed by atoms with van der Waals surface area (Å²) < 4.78 is 0. The number of para-hydroxylation sites is 5. The maximum Gasteiger partial charge on any atom is 0.193 e. The van der Waals surface area contributed by atoms with Crippen molar-refractivity contribution in [3.63, 3.8) is 0 Å². The summed E-state index contributed by atoms with van der Waals surface area (Å²) in [6, 6.07) is 108. The Balaban J connectivity index is 0.815. The molecule has 0 radical (unpaired) electrons. The van der Waals surface area contributed by atoms with Gasteiger partial charge in [-0.1, -0.05) is 218 Å². The molecule has 0 bridgehead atoms. The molecule has 0 aliphatic rings. The highest BCUT2D eigenvalue weighted by atomic mass is 16.1. The van der Waals surface area contributed by atoms with Gasteiger partial charge in [0.05, 0.1) is 5.69 Å². The van der Waals surface area contributed by atoms with Gasteiger partial charge >= 0.3 is 0 Å². The predicted molar refractivity (Wildman–Crippen MR) is 327 cm³/mol. The van der Waals surface area contributed by atoms with E-state index in [0.29, 0.717) is 22.3 Å². The monoisotopic (exact) mass is 1020 g/mol. The largest absolute Gasteiger partial charge is 0.311 e. The second-order valence-electron chi connectivity index (χ2n) is 19.2. The Morgan fingerprint density at radius 3 is 0.861 bits per heavy atom. The van der Waals surface area contributed by atoms with Crippen molar-refractivity contribution in [3.8, 4) is 33.4 Å². The number of hydrogen-bond donors (Lipinski definition) is 0. The normalized spacial score (nSPS) is 10.9. The Bertz CT molecular complexity index is 3700. The van der Waals surface area contributed by atoms with Gasteiger partial charge in [-0.15, -0.1) is 0 Å². The number of nitrogens with zero attached hydrogens (tertiary/aromatic N) is 3. The first-order valence-electron chi connectivity index (χ1n) is 26.5. The second-order valence-corrected chi connectivity index (χ2v) is 19.2. The van der Waals surface area contributed by atoms with E-state index in [-0.39, 0.29) is 11.6 Å². The zero-order chi connectivity index (χ0) is 53.3. The first-order chi connectivity index (χ1) is 39.0. The summed E-state index contributed by atoms with van der Waals surface area (Å²) in [7, 11) is 0. The van der Waals surface area contributed by atoms with Crippen LogP contribution in [0.3, 0.4) is 0 Å². The first-order valence-corrected chi connectivity index (χ1v) is 26.5. The minimum Gasteiger partial charge on any atom is -0.311 e. The smallest absolute Gasteiger partial charge is 0.193 e. The third kappa shape index (κ3) is 10.7. The van der Waals surface area contributed by atoms with Crippen molar-refractivity contribution in [1.29, 1.82) is 0 Å². The van der Waals surface area contributed by atoms with Gasteiger partial charge in [0, 0.05) is 73.3 Å². The van der Waals surface area contributed by atoms with Crippen LogP contribution in [0.2, 0.25) is 0 Å². The molecule has 0 aliphatic heterocycles. The fourth-order valence-electron chi connectivity index (χ4n) is 10.3. The Hall–Kier alpha value is -10.6. The molecule has 0 unspecified atom stereocenters. The highest BCUT2D eigenvalue weighted by Crippen LogP contribution is 2.42. The van der Waals surface area contributed by atoms with Crippen LogP contribution in [0.5, 0.6) is 0 Å². The topological polar surface area (TPSA) is 43.9 Å². The number of carbonyl (C=O) groups is 2. The van der Waals surface area contributed by atoms with Gasteiger partial charge in [0.25, 0.3) is 0 Å². The summed E-state index contributed by atoms with van der Waals surface area (Å²) in [6.45, 7) is 0. The fraction of sp³-hybridized carbons (Fsp3) is 0. The number of anilines is 9. The number of carbonyl (C=O) groups excluding carboxylic acids is 2. The summed E-state index contributed by atoms with van der Waals surface area (Å²) in [5.74, 6) is -0.183. The molecule has 376 valence electrons. The van der Waals surface area contributed by atoms with E-state index in [1.54, 1.807) is 0 Å². The lowest BCUT2D eigenvalue weighted by Gasteiger charge is -2.28. The van der Waals surface area contributed by atoms with Gasteiger partial charge in [0.15, 0.2) is 11.6 Å². The molecule has 0 aromatic heterocycles. The zero-order valence-electron chi connectivity index (χ0n) is 43.3. The third-order valence-corrected chi connectivity index (χ3v) is 14.2. The van der Waals surface area contributed by atoms with Gasteiger partial charge in [0.2, 0.25) is 0 Å². The molecule has 12 aromatic carbocycles. The number of ketones is 2. The fourth-order valence-corrected chi connectivity index (χ4v) is 10.3. The molecule has 0 N–H and O–H groups in total. The van der Waals surface area contributed by atoms with Crippen LogP contribution in [0.15, 0.2) is 322 Å². The van der Waals surface area contributed by atoms with Crippen LogP contribution in [0.4, 0.5) is 51.2 Å². The molecule has 0 saturated heterocycles. The van der Waals surface area contributed by atoms with Crippen molar-refractivity contribution in [2.45, 2.75) is 0 Å². The van der Waals surface area contributed by atoms with Crippen molar-refractivity contribution < 1.29 is 9.59 Å². The van der Waals surface area contributed by atoms with Crippen LogP contribution < -0.4 is 14.7 Å². The maximum absolute atomic E-state index is 14.5. The molecule has 0 amide bonds. The van der Waals surface area contributed by atoms with E-state index in [2.05, 4.69) is 185 Å². The maximum atomic E-state index is 14.5. The number of benzene rings is 12. The summed E-state index contributed by atoms with van der Waals surface area (Å²) in [4.78, 5) is 35.6. The lowest BCUT2D eigenvalue weighted by atomic mass is 9.97. The molecular weight excluding hydrogens is 963 g/mol. The molecule has 0 fully saturated rings. The second kappa shape index (κ2) is 22.7.